The van der Waals surface area contributed by atoms with Gasteiger partial charge in [0.2, 0.25) is 5.28 Å². The number of nitrogens with zero attached hydrogens (tertiary/aromatic N) is 3. The summed E-state index contributed by atoms with van der Waals surface area (Å²) in [4.78, 5) is 11.2. The van der Waals surface area contributed by atoms with Crippen molar-refractivity contribution in [1.29, 1.82) is 0 Å². The highest BCUT2D eigenvalue weighted by molar-refractivity contribution is 6.28. The summed E-state index contributed by atoms with van der Waals surface area (Å²) in [5.41, 5.74) is 0. The lowest BCUT2D eigenvalue weighted by Crippen LogP contribution is -2.05. The van der Waals surface area contributed by atoms with Crippen LogP contribution in [0.25, 0.3) is 0 Å². The lowest BCUT2D eigenvalue weighted by atomic mass is 10.5. The van der Waals surface area contributed by atoms with Gasteiger partial charge >= 0.3 is 12.0 Å². The van der Waals surface area contributed by atoms with Crippen LogP contribution in [0.5, 0.6) is 12.0 Å². The van der Waals surface area contributed by atoms with Crippen LogP contribution in [0.4, 0.5) is 0 Å². The van der Waals surface area contributed by atoms with Crippen molar-refractivity contribution in [2.45, 2.75) is 6.42 Å². The number of methoxy groups -OCH3 is 1. The van der Waals surface area contributed by atoms with Crippen LogP contribution in [-0.2, 0) is 0 Å². The summed E-state index contributed by atoms with van der Waals surface area (Å²) in [5, 5.41) is 8.53. The van der Waals surface area contributed by atoms with Crippen molar-refractivity contribution < 1.29 is 14.6 Å². The molecule has 0 aliphatic rings. The number of aliphatic hydroxyl groups excluding tert-OH is 1. The van der Waals surface area contributed by atoms with Crippen LogP contribution in [0.1, 0.15) is 6.42 Å². The van der Waals surface area contributed by atoms with Gasteiger partial charge in [0.1, 0.15) is 0 Å². The highest BCUT2D eigenvalue weighted by Gasteiger charge is 2.05. The summed E-state index contributed by atoms with van der Waals surface area (Å²) < 4.78 is 9.85. The molecule has 7 heteroatoms. The Bertz CT molecular complexity index is 298. The minimum atomic E-state index is 0.0100. The van der Waals surface area contributed by atoms with Crippen molar-refractivity contribution in [3.05, 3.63) is 5.28 Å². The highest BCUT2D eigenvalue weighted by Crippen LogP contribution is 2.12. The molecule has 0 aromatic carbocycles. The molecule has 0 aliphatic heterocycles. The molecule has 0 radical (unpaired) electrons. The smallest absolute Gasteiger partial charge is 0.323 e. The third-order valence-corrected chi connectivity index (χ3v) is 1.45. The largest absolute Gasteiger partial charge is 0.467 e. The molecule has 78 valence electrons. The van der Waals surface area contributed by atoms with Gasteiger partial charge in [-0.3, -0.25) is 0 Å². The summed E-state index contributed by atoms with van der Waals surface area (Å²) in [6.45, 7) is 0.371. The van der Waals surface area contributed by atoms with Crippen molar-refractivity contribution in [1.82, 2.24) is 15.0 Å². The van der Waals surface area contributed by atoms with E-state index in [9.17, 15) is 0 Å². The zero-order valence-corrected chi connectivity index (χ0v) is 8.36. The Balaban J connectivity index is 2.62. The maximum absolute atomic E-state index is 8.52. The molecule has 14 heavy (non-hydrogen) atoms. The molecule has 0 bridgehead atoms. The molecule has 0 aliphatic carbocycles. The van der Waals surface area contributed by atoms with Crippen LogP contribution in [0, 0.1) is 0 Å². The molecule has 6 nitrogen and oxygen atoms in total. The summed E-state index contributed by atoms with van der Waals surface area (Å²) in [6.07, 6.45) is 0.506. The number of halogens is 1. The van der Waals surface area contributed by atoms with E-state index in [0.29, 0.717) is 13.0 Å². The second kappa shape index (κ2) is 5.56. The van der Waals surface area contributed by atoms with E-state index >= 15 is 0 Å². The molecule has 0 saturated carbocycles. The van der Waals surface area contributed by atoms with E-state index in [2.05, 4.69) is 15.0 Å². The van der Waals surface area contributed by atoms with Crippen LogP contribution in [-0.4, -0.2) is 40.4 Å². The van der Waals surface area contributed by atoms with Crippen molar-refractivity contribution >= 4 is 11.6 Å². The van der Waals surface area contributed by atoms with Crippen LogP contribution in [0.2, 0.25) is 5.28 Å². The third kappa shape index (κ3) is 3.31. The molecule has 0 saturated heterocycles. The quantitative estimate of drug-likeness (QED) is 0.718. The number of rotatable bonds is 5. The van der Waals surface area contributed by atoms with Crippen LogP contribution in [0.15, 0.2) is 0 Å². The lowest BCUT2D eigenvalue weighted by molar-refractivity contribution is 0.221. The van der Waals surface area contributed by atoms with Gasteiger partial charge in [-0.1, -0.05) is 0 Å². The van der Waals surface area contributed by atoms with Crippen molar-refractivity contribution in [2.75, 3.05) is 20.3 Å². The first-order valence-corrected chi connectivity index (χ1v) is 4.33. The summed E-state index contributed by atoms with van der Waals surface area (Å²) in [6, 6.07) is 0.194. The van der Waals surface area contributed by atoms with E-state index in [4.69, 9.17) is 26.2 Å². The Labute approximate surface area is 85.9 Å². The van der Waals surface area contributed by atoms with Crippen LogP contribution < -0.4 is 9.47 Å². The van der Waals surface area contributed by atoms with Gasteiger partial charge in [0.05, 0.1) is 13.7 Å². The second-order valence-corrected chi connectivity index (χ2v) is 2.64. The Morgan fingerprint density at radius 2 is 2.00 bits per heavy atom. The van der Waals surface area contributed by atoms with Gasteiger partial charge in [-0.05, 0) is 11.6 Å². The van der Waals surface area contributed by atoms with Gasteiger partial charge < -0.3 is 14.6 Å². The number of hydrogen-bond acceptors (Lipinski definition) is 6. The molecule has 0 unspecified atom stereocenters. The molecule has 1 heterocycles. The van der Waals surface area contributed by atoms with Crippen molar-refractivity contribution in [3.8, 4) is 12.0 Å². The van der Waals surface area contributed by atoms with Gasteiger partial charge in [-0.15, -0.1) is 4.98 Å². The Morgan fingerprint density at radius 1 is 1.29 bits per heavy atom. The normalized spacial score (nSPS) is 9.93. The molecule has 1 aromatic heterocycles. The zero-order chi connectivity index (χ0) is 10.4. The maximum Gasteiger partial charge on any atom is 0.323 e. The van der Waals surface area contributed by atoms with Gasteiger partial charge in [0.15, 0.2) is 0 Å². The average Bonchev–Trinajstić information content (AvgIpc) is 2.17. The summed E-state index contributed by atoms with van der Waals surface area (Å²) in [5.74, 6) is 0. The van der Waals surface area contributed by atoms with Crippen LogP contribution in [0.3, 0.4) is 0 Å². The van der Waals surface area contributed by atoms with E-state index in [1.807, 2.05) is 0 Å². The van der Waals surface area contributed by atoms with Gasteiger partial charge in [-0.25, -0.2) is 0 Å². The monoisotopic (exact) mass is 219 g/mol. The minimum absolute atomic E-state index is 0.0100. The van der Waals surface area contributed by atoms with E-state index in [1.54, 1.807) is 0 Å². The maximum atomic E-state index is 8.52. The molecule has 1 rings (SSSR count). The Kier molecular flexibility index (Phi) is 4.34. The summed E-state index contributed by atoms with van der Waals surface area (Å²) >= 11 is 5.57. The van der Waals surface area contributed by atoms with Crippen LogP contribution >= 0.6 is 11.6 Å². The molecule has 0 spiro atoms. The summed E-state index contributed by atoms with van der Waals surface area (Å²) in [7, 11) is 1.42. The topological polar surface area (TPSA) is 77.4 Å². The Hall–Kier alpha value is -1.14. The zero-order valence-electron chi connectivity index (χ0n) is 7.60. The van der Waals surface area contributed by atoms with E-state index in [0.717, 1.165) is 0 Å². The first kappa shape index (κ1) is 10.9. The molecular formula is C7H10ClN3O3. The van der Waals surface area contributed by atoms with Crippen molar-refractivity contribution in [3.63, 3.8) is 0 Å². The molecule has 0 amide bonds. The lowest BCUT2D eigenvalue weighted by Gasteiger charge is -2.03. The molecule has 1 N–H and O–H groups in total. The molecule has 0 fully saturated rings. The fourth-order valence-corrected chi connectivity index (χ4v) is 0.843. The third-order valence-electron chi connectivity index (χ3n) is 1.28. The number of aromatic nitrogens is 3. The number of aliphatic hydroxyl groups is 1. The van der Waals surface area contributed by atoms with E-state index in [1.165, 1.54) is 7.11 Å². The van der Waals surface area contributed by atoms with Gasteiger partial charge in [0.25, 0.3) is 0 Å². The van der Waals surface area contributed by atoms with Crippen molar-refractivity contribution in [2.24, 2.45) is 0 Å². The molecule has 0 atom stereocenters. The number of ether oxygens (including phenoxy) is 2. The number of hydrogen-bond donors (Lipinski definition) is 1. The Morgan fingerprint density at radius 3 is 2.64 bits per heavy atom. The average molecular weight is 220 g/mol. The fourth-order valence-electron chi connectivity index (χ4n) is 0.699. The van der Waals surface area contributed by atoms with E-state index < -0.39 is 0 Å². The first-order valence-electron chi connectivity index (χ1n) is 3.95. The standard InChI is InChI=1S/C7H10ClN3O3/c1-13-6-9-5(8)10-7(11-6)14-4-2-3-12/h12H,2-4H2,1H3. The van der Waals surface area contributed by atoms with Gasteiger partial charge in [0, 0.05) is 13.0 Å². The predicted octanol–water partition coefficient (Wildman–Crippen LogP) is 0.295. The molecular weight excluding hydrogens is 210 g/mol. The highest BCUT2D eigenvalue weighted by atomic mass is 35.5. The van der Waals surface area contributed by atoms with Gasteiger partial charge in [-0.2, -0.15) is 9.97 Å². The predicted molar refractivity (Wildman–Crippen MR) is 48.6 cm³/mol. The first-order chi connectivity index (χ1) is 6.76. The minimum Gasteiger partial charge on any atom is -0.467 e. The second-order valence-electron chi connectivity index (χ2n) is 2.30. The van der Waals surface area contributed by atoms with E-state index in [-0.39, 0.29) is 23.9 Å². The fraction of sp³-hybridized carbons (Fsp3) is 0.571. The molecule has 1 aromatic rings. The SMILES string of the molecule is COc1nc(Cl)nc(OCCCO)n1.